The van der Waals surface area contributed by atoms with E-state index in [4.69, 9.17) is 5.11 Å². The van der Waals surface area contributed by atoms with Gasteiger partial charge in [0.05, 0.1) is 0 Å². The lowest BCUT2D eigenvalue weighted by Crippen LogP contribution is -2.16. The molecule has 1 N–H and O–H groups in total. The molecular weight excluding hydrogens is 142 g/mol. The van der Waals surface area contributed by atoms with Gasteiger partial charge in [-0.25, -0.2) is 4.79 Å². The first-order valence-electron chi connectivity index (χ1n) is 3.60. The highest BCUT2D eigenvalue weighted by Gasteiger charge is 2.10. The standard InChI is InChI=1S/C8H15NO2/c1-6(7(10)11)9-5-8(2,3)4/h5-6H,1-4H3,(H,10,11)/b9-5+. The first kappa shape index (κ1) is 10.1. The Kier molecular flexibility index (Phi) is 3.23. The van der Waals surface area contributed by atoms with Crippen LogP contribution in [0.2, 0.25) is 0 Å². The average Bonchev–Trinajstić information content (AvgIpc) is 1.80. The summed E-state index contributed by atoms with van der Waals surface area (Å²) in [5.74, 6) is -0.884. The number of hydrogen-bond acceptors (Lipinski definition) is 2. The second kappa shape index (κ2) is 3.51. The molecule has 0 rings (SSSR count). The fourth-order valence-corrected chi connectivity index (χ4v) is 0.399. The van der Waals surface area contributed by atoms with Crippen molar-refractivity contribution in [2.24, 2.45) is 10.4 Å². The van der Waals surface area contributed by atoms with Gasteiger partial charge in [-0.3, -0.25) is 4.99 Å². The van der Waals surface area contributed by atoms with Crippen LogP contribution in [0.4, 0.5) is 0 Å². The first-order chi connectivity index (χ1) is 4.83. The van der Waals surface area contributed by atoms with Crippen molar-refractivity contribution in [3.05, 3.63) is 0 Å². The largest absolute Gasteiger partial charge is 0.480 e. The highest BCUT2D eigenvalue weighted by Crippen LogP contribution is 2.08. The van der Waals surface area contributed by atoms with Crippen LogP contribution in [-0.4, -0.2) is 23.3 Å². The molecule has 3 nitrogen and oxygen atoms in total. The van der Waals surface area contributed by atoms with Gasteiger partial charge < -0.3 is 5.11 Å². The minimum atomic E-state index is -0.884. The van der Waals surface area contributed by atoms with E-state index in [0.29, 0.717) is 0 Å². The monoisotopic (exact) mass is 157 g/mol. The molecule has 0 aliphatic carbocycles. The van der Waals surface area contributed by atoms with Crippen molar-refractivity contribution in [3.8, 4) is 0 Å². The Bertz CT molecular complexity index is 167. The molecule has 0 aliphatic rings. The second-order valence-corrected chi connectivity index (χ2v) is 3.66. The Hall–Kier alpha value is -0.860. The van der Waals surface area contributed by atoms with Gasteiger partial charge in [0.2, 0.25) is 0 Å². The number of carboxylic acid groups (broad SMARTS) is 1. The van der Waals surface area contributed by atoms with Crippen molar-refractivity contribution < 1.29 is 9.90 Å². The molecule has 0 amide bonds. The lowest BCUT2D eigenvalue weighted by atomic mass is 9.99. The predicted molar refractivity (Wildman–Crippen MR) is 45.0 cm³/mol. The molecule has 0 heterocycles. The fourth-order valence-electron chi connectivity index (χ4n) is 0.399. The summed E-state index contributed by atoms with van der Waals surface area (Å²) in [7, 11) is 0. The Labute approximate surface area is 67.1 Å². The van der Waals surface area contributed by atoms with Gasteiger partial charge in [0.25, 0.3) is 0 Å². The number of nitrogens with zero attached hydrogens (tertiary/aromatic N) is 1. The number of aliphatic imine (C=N–C) groups is 1. The highest BCUT2D eigenvalue weighted by atomic mass is 16.4. The quantitative estimate of drug-likeness (QED) is 0.618. The van der Waals surface area contributed by atoms with Gasteiger partial charge in [0.15, 0.2) is 0 Å². The van der Waals surface area contributed by atoms with Gasteiger partial charge in [-0.15, -0.1) is 0 Å². The maximum atomic E-state index is 10.3. The van der Waals surface area contributed by atoms with Crippen LogP contribution in [0.25, 0.3) is 0 Å². The molecule has 0 aromatic carbocycles. The van der Waals surface area contributed by atoms with Gasteiger partial charge in [0, 0.05) is 6.21 Å². The molecule has 0 saturated carbocycles. The van der Waals surface area contributed by atoms with E-state index in [-0.39, 0.29) is 5.41 Å². The average molecular weight is 157 g/mol. The smallest absolute Gasteiger partial charge is 0.328 e. The lowest BCUT2D eigenvalue weighted by Gasteiger charge is -2.10. The zero-order valence-corrected chi connectivity index (χ0v) is 7.46. The third-order valence-corrected chi connectivity index (χ3v) is 1.04. The van der Waals surface area contributed by atoms with Crippen molar-refractivity contribution in [1.29, 1.82) is 0 Å². The van der Waals surface area contributed by atoms with Crippen molar-refractivity contribution in [2.75, 3.05) is 0 Å². The number of aliphatic carboxylic acids is 1. The van der Waals surface area contributed by atoms with E-state index in [2.05, 4.69) is 4.99 Å². The number of rotatable bonds is 2. The highest BCUT2D eigenvalue weighted by molar-refractivity contribution is 5.76. The zero-order valence-electron chi connectivity index (χ0n) is 7.46. The van der Waals surface area contributed by atoms with Crippen LogP contribution in [-0.2, 0) is 4.79 Å². The maximum absolute atomic E-state index is 10.3. The maximum Gasteiger partial charge on any atom is 0.328 e. The second-order valence-electron chi connectivity index (χ2n) is 3.66. The van der Waals surface area contributed by atoms with E-state index in [1.807, 2.05) is 20.8 Å². The molecule has 3 heteroatoms. The van der Waals surface area contributed by atoms with Crippen LogP contribution in [0.15, 0.2) is 4.99 Å². The summed E-state index contributed by atoms with van der Waals surface area (Å²) in [6.07, 6.45) is 1.67. The van der Waals surface area contributed by atoms with Gasteiger partial charge >= 0.3 is 5.97 Å². The summed E-state index contributed by atoms with van der Waals surface area (Å²) in [6.45, 7) is 7.49. The van der Waals surface area contributed by atoms with Gasteiger partial charge in [-0.1, -0.05) is 20.8 Å². The molecule has 0 bridgehead atoms. The van der Waals surface area contributed by atoms with Crippen molar-refractivity contribution in [3.63, 3.8) is 0 Å². The molecular formula is C8H15NO2. The third-order valence-electron chi connectivity index (χ3n) is 1.04. The Morgan fingerprint density at radius 2 is 2.00 bits per heavy atom. The number of carbonyl (C=O) groups is 1. The number of hydrogen-bond donors (Lipinski definition) is 1. The molecule has 11 heavy (non-hydrogen) atoms. The molecule has 0 saturated heterocycles. The van der Waals surface area contributed by atoms with E-state index in [0.717, 1.165) is 0 Å². The summed E-state index contributed by atoms with van der Waals surface area (Å²) in [6, 6.07) is -0.630. The fraction of sp³-hybridized carbons (Fsp3) is 0.750. The molecule has 1 atom stereocenters. The van der Waals surface area contributed by atoms with Crippen LogP contribution in [0.1, 0.15) is 27.7 Å². The Morgan fingerprint density at radius 3 is 2.27 bits per heavy atom. The topological polar surface area (TPSA) is 49.7 Å². The molecule has 0 aromatic rings. The summed E-state index contributed by atoms with van der Waals surface area (Å²) < 4.78 is 0. The molecule has 0 aromatic heterocycles. The molecule has 0 fully saturated rings. The van der Waals surface area contributed by atoms with Gasteiger partial charge in [-0.2, -0.15) is 0 Å². The number of carboxylic acids is 1. The lowest BCUT2D eigenvalue weighted by molar-refractivity contribution is -0.137. The van der Waals surface area contributed by atoms with E-state index < -0.39 is 12.0 Å². The Balaban J connectivity index is 4.04. The summed E-state index contributed by atoms with van der Waals surface area (Å²) >= 11 is 0. The van der Waals surface area contributed by atoms with Gasteiger partial charge in [0.1, 0.15) is 6.04 Å². The van der Waals surface area contributed by atoms with Crippen LogP contribution >= 0.6 is 0 Å². The van der Waals surface area contributed by atoms with Crippen LogP contribution in [0, 0.1) is 5.41 Å². The van der Waals surface area contributed by atoms with E-state index in [9.17, 15) is 4.79 Å². The molecule has 0 spiro atoms. The van der Waals surface area contributed by atoms with Gasteiger partial charge in [-0.05, 0) is 12.3 Å². The van der Waals surface area contributed by atoms with E-state index >= 15 is 0 Å². The minimum absolute atomic E-state index is 0.0380. The SMILES string of the molecule is CC(/N=C/C(C)(C)C)C(=O)O. The molecule has 0 aliphatic heterocycles. The van der Waals surface area contributed by atoms with Crippen molar-refractivity contribution in [2.45, 2.75) is 33.7 Å². The minimum Gasteiger partial charge on any atom is -0.480 e. The van der Waals surface area contributed by atoms with Crippen LogP contribution < -0.4 is 0 Å². The molecule has 1 unspecified atom stereocenters. The first-order valence-corrected chi connectivity index (χ1v) is 3.60. The van der Waals surface area contributed by atoms with E-state index in [1.54, 1.807) is 13.1 Å². The van der Waals surface area contributed by atoms with Crippen LogP contribution in [0.5, 0.6) is 0 Å². The summed E-state index contributed by atoms with van der Waals surface area (Å²) in [4.78, 5) is 14.2. The third kappa shape index (κ3) is 5.58. The van der Waals surface area contributed by atoms with Crippen LogP contribution in [0.3, 0.4) is 0 Å². The Morgan fingerprint density at radius 1 is 1.55 bits per heavy atom. The molecule has 64 valence electrons. The summed E-state index contributed by atoms with van der Waals surface area (Å²) in [5, 5.41) is 8.47. The van der Waals surface area contributed by atoms with Crippen molar-refractivity contribution in [1.82, 2.24) is 0 Å². The van der Waals surface area contributed by atoms with Crippen molar-refractivity contribution >= 4 is 12.2 Å². The van der Waals surface area contributed by atoms with E-state index in [1.165, 1.54) is 0 Å². The normalized spacial score (nSPS) is 15.3. The molecule has 0 radical (unpaired) electrons. The zero-order chi connectivity index (χ0) is 9.07. The predicted octanol–water partition coefficient (Wildman–Crippen LogP) is 1.58. The summed E-state index contributed by atoms with van der Waals surface area (Å²) in [5.41, 5.74) is -0.0380.